The Morgan fingerprint density at radius 1 is 1.13 bits per heavy atom. The van der Waals surface area contributed by atoms with Gasteiger partial charge in [0.1, 0.15) is 28.8 Å². The summed E-state index contributed by atoms with van der Waals surface area (Å²) >= 11 is 3.95. The smallest absolute Gasteiger partial charge is 0.325 e. The zero-order valence-electron chi connectivity index (χ0n) is 16.0. The lowest BCUT2D eigenvalue weighted by atomic mass is 9.85. The number of aliphatic carboxylic acids is 1. The SMILES string of the molecule is COC(=O)C(NS(=O)(=O)c1ccc(Oc2ccc(F)cc2)cc1)C(C)(CS)C(=O)O. The van der Waals surface area contributed by atoms with Crippen molar-refractivity contribution in [2.45, 2.75) is 17.9 Å². The molecule has 0 aliphatic heterocycles. The lowest BCUT2D eigenvalue weighted by Gasteiger charge is -2.30. The van der Waals surface area contributed by atoms with E-state index in [4.69, 9.17) is 4.74 Å². The van der Waals surface area contributed by atoms with Crippen LogP contribution in [0.5, 0.6) is 11.5 Å². The molecule has 0 saturated heterocycles. The van der Waals surface area contributed by atoms with E-state index in [2.05, 4.69) is 22.1 Å². The molecule has 162 valence electrons. The van der Waals surface area contributed by atoms with Crippen molar-refractivity contribution >= 4 is 34.6 Å². The number of halogens is 1. The van der Waals surface area contributed by atoms with Gasteiger partial charge in [0.25, 0.3) is 0 Å². The van der Waals surface area contributed by atoms with Gasteiger partial charge in [-0.2, -0.15) is 17.4 Å². The van der Waals surface area contributed by atoms with Gasteiger partial charge in [-0.05, 0) is 55.5 Å². The van der Waals surface area contributed by atoms with Crippen molar-refractivity contribution in [3.05, 3.63) is 54.3 Å². The monoisotopic (exact) mass is 457 g/mol. The first-order chi connectivity index (χ1) is 14.0. The lowest BCUT2D eigenvalue weighted by Crippen LogP contribution is -2.56. The van der Waals surface area contributed by atoms with Gasteiger partial charge >= 0.3 is 11.9 Å². The van der Waals surface area contributed by atoms with Crippen molar-refractivity contribution in [1.29, 1.82) is 0 Å². The van der Waals surface area contributed by atoms with E-state index >= 15 is 0 Å². The molecule has 0 radical (unpaired) electrons. The fourth-order valence-electron chi connectivity index (χ4n) is 2.39. The summed E-state index contributed by atoms with van der Waals surface area (Å²) < 4.78 is 50.6. The summed E-state index contributed by atoms with van der Waals surface area (Å²) in [7, 11) is -3.27. The van der Waals surface area contributed by atoms with Crippen molar-refractivity contribution in [3.8, 4) is 11.5 Å². The molecular formula is C19H20FNO7S2. The van der Waals surface area contributed by atoms with Gasteiger partial charge in [-0.3, -0.25) is 9.59 Å². The Morgan fingerprint density at radius 3 is 2.07 bits per heavy atom. The Hall–Kier alpha value is -2.63. The molecule has 2 N–H and O–H groups in total. The van der Waals surface area contributed by atoms with Crippen LogP contribution in [-0.4, -0.2) is 44.4 Å². The third kappa shape index (κ3) is 5.29. The van der Waals surface area contributed by atoms with Crippen molar-refractivity contribution in [3.63, 3.8) is 0 Å². The van der Waals surface area contributed by atoms with Crippen LogP contribution in [0.4, 0.5) is 4.39 Å². The molecule has 2 unspecified atom stereocenters. The van der Waals surface area contributed by atoms with Crippen LogP contribution in [-0.2, 0) is 24.3 Å². The number of carboxylic acid groups (broad SMARTS) is 1. The number of sulfonamides is 1. The molecule has 0 heterocycles. The second-order valence-corrected chi connectivity index (χ2v) is 8.52. The Labute approximate surface area is 178 Å². The van der Waals surface area contributed by atoms with Crippen LogP contribution in [0.1, 0.15) is 6.92 Å². The first kappa shape index (κ1) is 23.6. The van der Waals surface area contributed by atoms with E-state index in [1.54, 1.807) is 0 Å². The van der Waals surface area contributed by atoms with Gasteiger partial charge in [0.15, 0.2) is 0 Å². The highest BCUT2D eigenvalue weighted by Crippen LogP contribution is 2.28. The standard InChI is InChI=1S/C19H20FNO7S2/c1-19(11-29,18(23)24)16(17(22)27-2)21-30(25,26)15-9-7-14(8-10-15)28-13-5-3-12(20)4-6-13/h3-10,16,21,29H,11H2,1-2H3,(H,23,24). The molecule has 30 heavy (non-hydrogen) atoms. The molecule has 0 saturated carbocycles. The predicted octanol–water partition coefficient (Wildman–Crippen LogP) is 2.46. The van der Waals surface area contributed by atoms with Gasteiger partial charge < -0.3 is 14.6 Å². The molecule has 2 aromatic carbocycles. The van der Waals surface area contributed by atoms with E-state index in [1.807, 2.05) is 0 Å². The van der Waals surface area contributed by atoms with Gasteiger partial charge in [0, 0.05) is 5.75 Å². The highest BCUT2D eigenvalue weighted by Gasteiger charge is 2.47. The largest absolute Gasteiger partial charge is 0.481 e. The molecule has 0 aliphatic rings. The number of nitrogens with one attached hydrogen (secondary N) is 1. The Morgan fingerprint density at radius 2 is 1.63 bits per heavy atom. The van der Waals surface area contributed by atoms with Crippen LogP contribution in [0.15, 0.2) is 53.4 Å². The number of benzene rings is 2. The van der Waals surface area contributed by atoms with E-state index in [0.29, 0.717) is 5.75 Å². The second-order valence-electron chi connectivity index (χ2n) is 6.49. The highest BCUT2D eigenvalue weighted by atomic mass is 32.2. The molecule has 2 atom stereocenters. The molecule has 0 aliphatic carbocycles. The molecule has 0 bridgehead atoms. The van der Waals surface area contributed by atoms with E-state index in [1.165, 1.54) is 55.5 Å². The number of carbonyl (C=O) groups is 2. The van der Waals surface area contributed by atoms with Gasteiger partial charge in [0.2, 0.25) is 10.0 Å². The maximum absolute atomic E-state index is 13.0. The molecule has 0 amide bonds. The molecule has 0 spiro atoms. The minimum absolute atomic E-state index is 0.227. The van der Waals surface area contributed by atoms with Crippen LogP contribution in [0.2, 0.25) is 0 Å². The average Bonchev–Trinajstić information content (AvgIpc) is 2.72. The molecule has 8 nitrogen and oxygen atoms in total. The Balaban J connectivity index is 2.27. The summed E-state index contributed by atoms with van der Waals surface area (Å²) in [6.07, 6.45) is 0. The van der Waals surface area contributed by atoms with Gasteiger partial charge in [-0.15, -0.1) is 0 Å². The third-order valence-corrected chi connectivity index (χ3v) is 6.44. The van der Waals surface area contributed by atoms with Crippen LogP contribution in [0.3, 0.4) is 0 Å². The van der Waals surface area contributed by atoms with Crippen molar-refractivity contribution < 1.29 is 37.0 Å². The third-order valence-electron chi connectivity index (χ3n) is 4.35. The first-order valence-corrected chi connectivity index (χ1v) is 10.6. The number of ether oxygens (including phenoxy) is 2. The van der Waals surface area contributed by atoms with Crippen LogP contribution in [0.25, 0.3) is 0 Å². The zero-order valence-corrected chi connectivity index (χ0v) is 17.7. The zero-order chi connectivity index (χ0) is 22.5. The molecule has 2 rings (SSSR count). The molecule has 0 aromatic heterocycles. The normalized spacial score (nSPS) is 14.4. The van der Waals surface area contributed by atoms with Crippen molar-refractivity contribution in [1.82, 2.24) is 4.72 Å². The maximum atomic E-state index is 13.0. The van der Waals surface area contributed by atoms with Crippen LogP contribution >= 0.6 is 12.6 Å². The highest BCUT2D eigenvalue weighted by molar-refractivity contribution is 7.89. The quantitative estimate of drug-likeness (QED) is 0.391. The summed E-state index contributed by atoms with van der Waals surface area (Å²) in [4.78, 5) is 23.5. The summed E-state index contributed by atoms with van der Waals surface area (Å²) in [5.74, 6) is -2.59. The number of rotatable bonds is 9. The average molecular weight is 458 g/mol. The molecular weight excluding hydrogens is 437 g/mol. The summed E-state index contributed by atoms with van der Waals surface area (Å²) in [5.41, 5.74) is -1.85. The molecule has 11 heteroatoms. The topological polar surface area (TPSA) is 119 Å². The maximum Gasteiger partial charge on any atom is 0.325 e. The number of carboxylic acids is 1. The fourth-order valence-corrected chi connectivity index (χ4v) is 4.00. The Kier molecular flexibility index (Phi) is 7.45. The van der Waals surface area contributed by atoms with E-state index in [0.717, 1.165) is 7.11 Å². The fraction of sp³-hybridized carbons (Fsp3) is 0.263. The summed E-state index contributed by atoms with van der Waals surface area (Å²) in [5, 5.41) is 9.48. The second kappa shape index (κ2) is 9.45. The molecule has 2 aromatic rings. The number of carbonyl (C=O) groups excluding carboxylic acids is 1. The number of hydrogen-bond donors (Lipinski definition) is 3. The lowest BCUT2D eigenvalue weighted by molar-refractivity contribution is -0.157. The summed E-state index contributed by atoms with van der Waals surface area (Å²) in [6.45, 7) is 1.19. The predicted molar refractivity (Wildman–Crippen MR) is 109 cm³/mol. The van der Waals surface area contributed by atoms with Gasteiger partial charge in [0.05, 0.1) is 12.0 Å². The van der Waals surface area contributed by atoms with E-state index in [9.17, 15) is 27.5 Å². The summed E-state index contributed by atoms with van der Waals surface area (Å²) in [6, 6.07) is 8.69. The van der Waals surface area contributed by atoms with Gasteiger partial charge in [-0.25, -0.2) is 12.8 Å². The minimum atomic E-state index is -4.29. The minimum Gasteiger partial charge on any atom is -0.481 e. The van der Waals surface area contributed by atoms with Crippen molar-refractivity contribution in [2.24, 2.45) is 5.41 Å². The first-order valence-electron chi connectivity index (χ1n) is 8.51. The van der Waals surface area contributed by atoms with Crippen LogP contribution in [0, 0.1) is 11.2 Å². The van der Waals surface area contributed by atoms with Gasteiger partial charge in [-0.1, -0.05) is 0 Å². The van der Waals surface area contributed by atoms with E-state index in [-0.39, 0.29) is 16.4 Å². The number of thiol groups is 1. The van der Waals surface area contributed by atoms with E-state index < -0.39 is 39.2 Å². The number of methoxy groups -OCH3 is 1. The number of esters is 1. The number of hydrogen-bond acceptors (Lipinski definition) is 7. The van der Waals surface area contributed by atoms with Crippen molar-refractivity contribution in [2.75, 3.05) is 12.9 Å². The Bertz CT molecular complexity index is 1010. The molecule has 0 fully saturated rings. The van der Waals surface area contributed by atoms with Crippen LogP contribution < -0.4 is 9.46 Å².